The molecule has 1 aliphatic carbocycles. The van der Waals surface area contributed by atoms with Crippen LogP contribution in [0, 0.1) is 11.8 Å². The predicted octanol–water partition coefficient (Wildman–Crippen LogP) is 4.15. The summed E-state index contributed by atoms with van der Waals surface area (Å²) in [6.45, 7) is 8.04. The number of rotatable bonds is 12. The summed E-state index contributed by atoms with van der Waals surface area (Å²) in [4.78, 5) is 46.2. The lowest BCUT2D eigenvalue weighted by molar-refractivity contribution is -0.154. The van der Waals surface area contributed by atoms with E-state index in [1.54, 1.807) is 28.8 Å². The second-order valence-electron chi connectivity index (χ2n) is 11.6. The van der Waals surface area contributed by atoms with Crippen molar-refractivity contribution < 1.29 is 24.2 Å². The van der Waals surface area contributed by atoms with Gasteiger partial charge in [-0.05, 0) is 44.1 Å². The number of carbonyl (C=O) groups excluding carboxylic acids is 3. The van der Waals surface area contributed by atoms with Crippen molar-refractivity contribution >= 4 is 29.5 Å². The van der Waals surface area contributed by atoms with E-state index in [-0.39, 0.29) is 42.3 Å². The number of benzene rings is 1. The molecule has 1 aromatic carbocycles. The molecular formula is C32H42N2O5S. The Labute approximate surface area is 242 Å². The van der Waals surface area contributed by atoms with E-state index in [1.165, 1.54) is 6.42 Å². The van der Waals surface area contributed by atoms with Crippen molar-refractivity contribution in [2.24, 2.45) is 11.8 Å². The summed E-state index contributed by atoms with van der Waals surface area (Å²) >= 11 is 1.65. The van der Waals surface area contributed by atoms with Crippen molar-refractivity contribution in [3.8, 4) is 0 Å². The second-order valence-corrected chi connectivity index (χ2v) is 13.2. The maximum Gasteiger partial charge on any atom is 0.310 e. The first kappa shape index (κ1) is 28.9. The van der Waals surface area contributed by atoms with Crippen LogP contribution in [0.1, 0.15) is 56.9 Å². The minimum absolute atomic E-state index is 0.0492. The molecule has 2 amide bonds. The Morgan fingerprint density at radius 2 is 1.90 bits per heavy atom. The number of aliphatic hydroxyl groups is 1. The number of hydrogen-bond donors (Lipinski definition) is 1. The number of aliphatic hydroxyl groups excluding tert-OH is 1. The molecule has 216 valence electrons. The third-order valence-electron chi connectivity index (χ3n) is 9.35. The number of ether oxygens (including phenoxy) is 1. The van der Waals surface area contributed by atoms with Crippen LogP contribution in [0.25, 0.3) is 0 Å². The molecule has 3 heterocycles. The van der Waals surface area contributed by atoms with Gasteiger partial charge in [-0.25, -0.2) is 0 Å². The van der Waals surface area contributed by atoms with E-state index >= 15 is 0 Å². The second kappa shape index (κ2) is 12.5. The van der Waals surface area contributed by atoms with Crippen molar-refractivity contribution in [2.75, 3.05) is 19.8 Å². The van der Waals surface area contributed by atoms with Gasteiger partial charge in [0.2, 0.25) is 11.8 Å². The van der Waals surface area contributed by atoms with Crippen molar-refractivity contribution in [1.29, 1.82) is 0 Å². The van der Waals surface area contributed by atoms with Crippen LogP contribution in [-0.4, -0.2) is 80.6 Å². The third-order valence-corrected chi connectivity index (χ3v) is 11.3. The highest BCUT2D eigenvalue weighted by Crippen LogP contribution is 2.67. The summed E-state index contributed by atoms with van der Waals surface area (Å²) in [6, 6.07) is 8.56. The van der Waals surface area contributed by atoms with Gasteiger partial charge in [0, 0.05) is 17.8 Å². The van der Waals surface area contributed by atoms with Gasteiger partial charge in [-0.3, -0.25) is 14.4 Å². The van der Waals surface area contributed by atoms with Crippen molar-refractivity contribution in [3.63, 3.8) is 0 Å². The number of fused-ring (bicyclic) bond motifs is 1. The Bertz CT molecular complexity index is 1110. The molecule has 1 aromatic rings. The van der Waals surface area contributed by atoms with Gasteiger partial charge in [-0.15, -0.1) is 24.9 Å². The van der Waals surface area contributed by atoms with Gasteiger partial charge in [-0.2, -0.15) is 0 Å². The number of thioether (sulfide) groups is 1. The molecule has 40 heavy (non-hydrogen) atoms. The summed E-state index contributed by atoms with van der Waals surface area (Å²) in [5.41, 5.74) is 0.989. The average molecular weight is 567 g/mol. The van der Waals surface area contributed by atoms with Gasteiger partial charge in [0.1, 0.15) is 6.04 Å². The summed E-state index contributed by atoms with van der Waals surface area (Å²) < 4.78 is 4.91. The van der Waals surface area contributed by atoms with E-state index in [0.717, 1.165) is 37.7 Å². The highest BCUT2D eigenvalue weighted by Gasteiger charge is 2.75. The largest absolute Gasteiger partial charge is 0.465 e. The molecule has 0 radical (unpaired) electrons. The van der Waals surface area contributed by atoms with Crippen LogP contribution < -0.4 is 0 Å². The van der Waals surface area contributed by atoms with Crippen LogP contribution in [0.3, 0.4) is 0 Å². The zero-order valence-electron chi connectivity index (χ0n) is 23.3. The van der Waals surface area contributed by atoms with Gasteiger partial charge >= 0.3 is 5.97 Å². The van der Waals surface area contributed by atoms with Crippen LogP contribution in [-0.2, 0) is 25.5 Å². The number of esters is 1. The summed E-state index contributed by atoms with van der Waals surface area (Å²) in [5, 5.41) is 10.6. The lowest BCUT2D eigenvalue weighted by Gasteiger charge is -2.42. The topological polar surface area (TPSA) is 87.2 Å². The average Bonchev–Trinajstić information content (AvgIpc) is 3.63. The van der Waals surface area contributed by atoms with Gasteiger partial charge in [0.25, 0.3) is 0 Å². The van der Waals surface area contributed by atoms with Gasteiger partial charge in [-0.1, -0.05) is 61.7 Å². The van der Waals surface area contributed by atoms with Crippen LogP contribution in [0.2, 0.25) is 0 Å². The fourth-order valence-corrected chi connectivity index (χ4v) is 9.80. The molecule has 7 nitrogen and oxygen atoms in total. The van der Waals surface area contributed by atoms with E-state index in [4.69, 9.17) is 4.74 Å². The first-order chi connectivity index (χ1) is 19.5. The summed E-state index contributed by atoms with van der Waals surface area (Å²) in [6.07, 6.45) is 11.1. The van der Waals surface area contributed by atoms with Crippen LogP contribution >= 0.6 is 11.8 Å². The highest BCUT2D eigenvalue weighted by molar-refractivity contribution is 8.02. The molecule has 4 aliphatic rings. The molecule has 4 fully saturated rings. The number of likely N-dealkylation sites (tertiary alicyclic amines) is 1. The van der Waals surface area contributed by atoms with Gasteiger partial charge in [0.15, 0.2) is 0 Å². The lowest BCUT2D eigenvalue weighted by atomic mass is 9.71. The number of hydrogen-bond acceptors (Lipinski definition) is 6. The van der Waals surface area contributed by atoms with E-state index in [0.29, 0.717) is 25.8 Å². The molecule has 1 saturated carbocycles. The maximum absolute atomic E-state index is 14.7. The Kier molecular flexibility index (Phi) is 9.05. The molecule has 6 atom stereocenters. The smallest absolute Gasteiger partial charge is 0.310 e. The molecular weight excluding hydrogens is 524 g/mol. The Morgan fingerprint density at radius 1 is 1.15 bits per heavy atom. The SMILES string of the molecule is C=CCCOC(=O)[C@@H]1[C@@H]2CCC3(S2)C(C(=O)N(CC=C)C2CCCCC2)N([C@@H](CO)Cc2ccccc2)C(=O)[C@H]13. The van der Waals surface area contributed by atoms with Gasteiger partial charge < -0.3 is 19.6 Å². The van der Waals surface area contributed by atoms with Crippen molar-refractivity contribution in [1.82, 2.24) is 9.80 Å². The Morgan fingerprint density at radius 3 is 2.58 bits per heavy atom. The van der Waals surface area contributed by atoms with Crippen molar-refractivity contribution in [3.05, 3.63) is 61.2 Å². The molecule has 2 bridgehead atoms. The minimum atomic E-state index is -0.742. The van der Waals surface area contributed by atoms with Crippen LogP contribution in [0.5, 0.6) is 0 Å². The van der Waals surface area contributed by atoms with Gasteiger partial charge in [0.05, 0.1) is 35.8 Å². The quantitative estimate of drug-likeness (QED) is 0.232. The standard InChI is InChI=1S/C32H42N2O5S/c1-3-5-19-39-31(38)26-25-16-17-32(40-25)27(26)29(36)34(24(21-35)20-22-12-8-6-9-13-22)28(32)30(37)33(18-4-2)23-14-10-7-11-15-23/h3-4,6,8-9,12-13,23-28,35H,1-2,5,7,10-11,14-21H2/t24-,25+,26-,27+,28?,32?/m1/s1. The predicted molar refractivity (Wildman–Crippen MR) is 157 cm³/mol. The zero-order valence-corrected chi connectivity index (χ0v) is 24.1. The molecule has 1 N–H and O–H groups in total. The first-order valence-corrected chi connectivity index (χ1v) is 15.7. The molecule has 8 heteroatoms. The third kappa shape index (κ3) is 5.13. The number of carbonyl (C=O) groups is 3. The van der Waals surface area contributed by atoms with E-state index < -0.39 is 28.7 Å². The molecule has 1 spiro atoms. The monoisotopic (exact) mass is 566 g/mol. The molecule has 2 unspecified atom stereocenters. The fourth-order valence-electron chi connectivity index (χ4n) is 7.62. The van der Waals surface area contributed by atoms with E-state index in [9.17, 15) is 19.5 Å². The molecule has 3 saturated heterocycles. The van der Waals surface area contributed by atoms with Crippen molar-refractivity contribution in [2.45, 2.75) is 85.9 Å². The van der Waals surface area contributed by atoms with Crippen LogP contribution in [0.15, 0.2) is 55.6 Å². The minimum Gasteiger partial charge on any atom is -0.465 e. The molecule has 0 aromatic heterocycles. The zero-order chi connectivity index (χ0) is 28.3. The summed E-state index contributed by atoms with van der Waals surface area (Å²) in [7, 11) is 0. The Hall–Kier alpha value is -2.58. The number of amides is 2. The maximum atomic E-state index is 14.7. The molecule has 3 aliphatic heterocycles. The Balaban J connectivity index is 1.53. The fraction of sp³-hybridized carbons (Fsp3) is 0.594. The van der Waals surface area contributed by atoms with E-state index in [1.807, 2.05) is 35.2 Å². The van der Waals surface area contributed by atoms with E-state index in [2.05, 4.69) is 13.2 Å². The van der Waals surface area contributed by atoms with Crippen LogP contribution in [0.4, 0.5) is 0 Å². The lowest BCUT2D eigenvalue weighted by Crippen LogP contribution is -2.59. The number of nitrogens with zero attached hydrogens (tertiary/aromatic N) is 2. The normalized spacial score (nSPS) is 30.1. The highest BCUT2D eigenvalue weighted by atomic mass is 32.2. The molecule has 5 rings (SSSR count). The first-order valence-electron chi connectivity index (χ1n) is 14.8. The summed E-state index contributed by atoms with van der Waals surface area (Å²) in [5.74, 6) is -1.84.